The van der Waals surface area contributed by atoms with Gasteiger partial charge in [-0.3, -0.25) is 4.79 Å². The summed E-state index contributed by atoms with van der Waals surface area (Å²) in [6.07, 6.45) is 4.90. The molecule has 8 heteroatoms. The maximum atomic E-state index is 12.0. The number of carbonyl (C=O) groups is 1. The highest BCUT2D eigenvalue weighted by molar-refractivity contribution is 7.99. The van der Waals surface area contributed by atoms with Gasteiger partial charge in [0.2, 0.25) is 11.1 Å². The second-order valence-electron chi connectivity index (χ2n) is 5.57. The van der Waals surface area contributed by atoms with E-state index in [1.807, 2.05) is 7.05 Å². The molecule has 0 bridgehead atoms. The van der Waals surface area contributed by atoms with E-state index in [-0.39, 0.29) is 5.91 Å². The normalized spacial score (nSPS) is 25.3. The van der Waals surface area contributed by atoms with E-state index in [0.29, 0.717) is 5.92 Å². The van der Waals surface area contributed by atoms with Crippen molar-refractivity contribution in [1.82, 2.24) is 25.5 Å². The highest BCUT2D eigenvalue weighted by Gasteiger charge is 2.46. The van der Waals surface area contributed by atoms with Gasteiger partial charge in [0, 0.05) is 12.8 Å². The average Bonchev–Trinajstić information content (AvgIpc) is 3.04. The van der Waals surface area contributed by atoms with Gasteiger partial charge in [-0.2, -0.15) is 0 Å². The van der Waals surface area contributed by atoms with Crippen molar-refractivity contribution < 1.29 is 4.79 Å². The first kappa shape index (κ1) is 16.2. The quantitative estimate of drug-likeness (QED) is 0.686. The molecule has 1 amide bonds. The lowest BCUT2D eigenvalue weighted by molar-refractivity contribution is -0.126. The molecule has 7 nitrogen and oxygen atoms in total. The zero-order chi connectivity index (χ0) is 15.3. The summed E-state index contributed by atoms with van der Waals surface area (Å²) in [5.41, 5.74) is 5.19. The fraction of sp³-hybridized carbons (Fsp3) is 0.846. The molecule has 1 aliphatic carbocycles. The molecule has 0 saturated heterocycles. The van der Waals surface area contributed by atoms with Crippen LogP contribution in [0.2, 0.25) is 0 Å². The standard InChI is InChI=1S/C13H24N6OS/c1-3-8-15-13(11(14)20)7-4-5-10(13)6-9-21-12-16-17-18-19(12)2/h10,15H,3-9H2,1-2H3,(H2,14,20). The van der Waals surface area contributed by atoms with E-state index in [4.69, 9.17) is 5.73 Å². The summed E-state index contributed by atoms with van der Waals surface area (Å²) < 4.78 is 1.66. The molecule has 1 aromatic rings. The van der Waals surface area contributed by atoms with Gasteiger partial charge in [-0.1, -0.05) is 25.1 Å². The SMILES string of the molecule is CCCNC1(C(N)=O)CCCC1CCSc1nnnn1C. The number of hydrogen-bond acceptors (Lipinski definition) is 6. The fourth-order valence-electron chi connectivity index (χ4n) is 3.10. The molecule has 1 saturated carbocycles. The molecule has 1 heterocycles. The topological polar surface area (TPSA) is 98.7 Å². The fourth-order valence-corrected chi connectivity index (χ4v) is 4.00. The summed E-state index contributed by atoms with van der Waals surface area (Å²) in [5.74, 6) is 0.987. The summed E-state index contributed by atoms with van der Waals surface area (Å²) in [5, 5.41) is 15.6. The molecule has 1 aromatic heterocycles. The Labute approximate surface area is 129 Å². The number of aryl methyl sites for hydroxylation is 1. The Morgan fingerprint density at radius 1 is 1.62 bits per heavy atom. The molecule has 118 valence electrons. The number of nitrogens with one attached hydrogen (secondary N) is 1. The van der Waals surface area contributed by atoms with Crippen molar-refractivity contribution >= 4 is 17.7 Å². The number of aromatic nitrogens is 4. The van der Waals surface area contributed by atoms with Crippen LogP contribution in [0.5, 0.6) is 0 Å². The van der Waals surface area contributed by atoms with Gasteiger partial charge >= 0.3 is 0 Å². The van der Waals surface area contributed by atoms with Crippen LogP contribution in [0.3, 0.4) is 0 Å². The number of nitrogens with two attached hydrogens (primary N) is 1. The third kappa shape index (κ3) is 3.55. The van der Waals surface area contributed by atoms with Crippen molar-refractivity contribution in [3.8, 4) is 0 Å². The Morgan fingerprint density at radius 2 is 2.43 bits per heavy atom. The lowest BCUT2D eigenvalue weighted by Crippen LogP contribution is -2.58. The Balaban J connectivity index is 1.93. The monoisotopic (exact) mass is 312 g/mol. The van der Waals surface area contributed by atoms with E-state index in [0.717, 1.165) is 49.6 Å². The van der Waals surface area contributed by atoms with Crippen LogP contribution < -0.4 is 11.1 Å². The van der Waals surface area contributed by atoms with Gasteiger partial charge in [-0.05, 0) is 48.6 Å². The highest BCUT2D eigenvalue weighted by atomic mass is 32.2. The average molecular weight is 312 g/mol. The van der Waals surface area contributed by atoms with Crippen LogP contribution in [0.4, 0.5) is 0 Å². The van der Waals surface area contributed by atoms with E-state index in [9.17, 15) is 4.79 Å². The molecule has 1 fully saturated rings. The molecule has 2 rings (SSSR count). The summed E-state index contributed by atoms with van der Waals surface area (Å²) in [7, 11) is 1.83. The number of tetrazole rings is 1. The van der Waals surface area contributed by atoms with Crippen molar-refractivity contribution in [3.05, 3.63) is 0 Å². The predicted molar refractivity (Wildman–Crippen MR) is 81.7 cm³/mol. The van der Waals surface area contributed by atoms with Crippen LogP contribution in [0, 0.1) is 5.92 Å². The molecule has 0 radical (unpaired) electrons. The highest BCUT2D eigenvalue weighted by Crippen LogP contribution is 2.39. The van der Waals surface area contributed by atoms with E-state index >= 15 is 0 Å². The van der Waals surface area contributed by atoms with Crippen molar-refractivity contribution in [2.45, 2.75) is 49.7 Å². The molecule has 0 aliphatic heterocycles. The number of amides is 1. The first-order chi connectivity index (χ1) is 10.1. The molecular weight excluding hydrogens is 288 g/mol. The van der Waals surface area contributed by atoms with Gasteiger partial charge in [0.1, 0.15) is 5.54 Å². The Morgan fingerprint density at radius 3 is 3.05 bits per heavy atom. The summed E-state index contributed by atoms with van der Waals surface area (Å²) in [6.45, 7) is 2.93. The third-order valence-electron chi connectivity index (χ3n) is 4.23. The zero-order valence-electron chi connectivity index (χ0n) is 12.7. The molecule has 2 unspecified atom stereocenters. The number of rotatable bonds is 8. The molecule has 0 aromatic carbocycles. The first-order valence-corrected chi connectivity index (χ1v) is 8.49. The maximum Gasteiger partial charge on any atom is 0.238 e. The minimum Gasteiger partial charge on any atom is -0.368 e. The number of primary amides is 1. The third-order valence-corrected chi connectivity index (χ3v) is 5.27. The number of thioether (sulfide) groups is 1. The Hall–Kier alpha value is -1.15. The van der Waals surface area contributed by atoms with Gasteiger partial charge < -0.3 is 11.1 Å². The molecule has 0 spiro atoms. The summed E-state index contributed by atoms with van der Waals surface area (Å²) >= 11 is 1.62. The van der Waals surface area contributed by atoms with Crippen molar-refractivity contribution in [1.29, 1.82) is 0 Å². The smallest absolute Gasteiger partial charge is 0.238 e. The van der Waals surface area contributed by atoms with Gasteiger partial charge in [-0.25, -0.2) is 4.68 Å². The molecule has 3 N–H and O–H groups in total. The second kappa shape index (κ2) is 7.22. The number of hydrogen-bond donors (Lipinski definition) is 2. The molecule has 1 aliphatic rings. The molecule has 2 atom stereocenters. The number of nitrogens with zero attached hydrogens (tertiary/aromatic N) is 4. The lowest BCUT2D eigenvalue weighted by Gasteiger charge is -2.33. The van der Waals surface area contributed by atoms with E-state index in [1.165, 1.54) is 0 Å². The second-order valence-corrected chi connectivity index (χ2v) is 6.64. The largest absolute Gasteiger partial charge is 0.368 e. The van der Waals surface area contributed by atoms with E-state index in [1.54, 1.807) is 16.4 Å². The van der Waals surface area contributed by atoms with Crippen molar-refractivity contribution in [2.75, 3.05) is 12.3 Å². The lowest BCUT2D eigenvalue weighted by atomic mass is 9.84. The Bertz CT molecular complexity index is 479. The molecular formula is C13H24N6OS. The minimum absolute atomic E-state index is 0.205. The van der Waals surface area contributed by atoms with Crippen LogP contribution in [0.1, 0.15) is 39.0 Å². The van der Waals surface area contributed by atoms with Crippen LogP contribution >= 0.6 is 11.8 Å². The van der Waals surface area contributed by atoms with Gasteiger partial charge in [-0.15, -0.1) is 5.10 Å². The van der Waals surface area contributed by atoms with Gasteiger partial charge in [0.05, 0.1) is 0 Å². The first-order valence-electron chi connectivity index (χ1n) is 7.50. The van der Waals surface area contributed by atoms with Crippen LogP contribution in [0.15, 0.2) is 5.16 Å². The zero-order valence-corrected chi connectivity index (χ0v) is 13.5. The van der Waals surface area contributed by atoms with Gasteiger partial charge in [0.25, 0.3) is 0 Å². The van der Waals surface area contributed by atoms with E-state index < -0.39 is 5.54 Å². The van der Waals surface area contributed by atoms with Crippen LogP contribution in [-0.2, 0) is 11.8 Å². The summed E-state index contributed by atoms with van der Waals surface area (Å²) in [4.78, 5) is 12.0. The number of carbonyl (C=O) groups excluding carboxylic acids is 1. The van der Waals surface area contributed by atoms with Gasteiger partial charge in [0.15, 0.2) is 0 Å². The maximum absolute atomic E-state index is 12.0. The predicted octanol–water partition coefficient (Wildman–Crippen LogP) is 0.716. The molecule has 21 heavy (non-hydrogen) atoms. The van der Waals surface area contributed by atoms with Crippen LogP contribution in [-0.4, -0.2) is 44.0 Å². The van der Waals surface area contributed by atoms with Crippen molar-refractivity contribution in [2.24, 2.45) is 18.7 Å². The summed E-state index contributed by atoms with van der Waals surface area (Å²) in [6, 6.07) is 0. The van der Waals surface area contributed by atoms with Crippen LogP contribution in [0.25, 0.3) is 0 Å². The van der Waals surface area contributed by atoms with Crippen molar-refractivity contribution in [3.63, 3.8) is 0 Å². The Kier molecular flexibility index (Phi) is 5.58. The minimum atomic E-state index is -0.519. The van der Waals surface area contributed by atoms with E-state index in [2.05, 4.69) is 27.8 Å².